The smallest absolute Gasteiger partial charge is 0.155 e. The van der Waals surface area contributed by atoms with Crippen LogP contribution in [0.1, 0.15) is 0 Å². The fraction of sp³-hybridized carbons (Fsp3) is 1.00. The summed E-state index contributed by atoms with van der Waals surface area (Å²) in [5.41, 5.74) is 0. The van der Waals surface area contributed by atoms with E-state index in [-0.39, 0.29) is 16.3 Å². The quantitative estimate of drug-likeness (QED) is 0.307. The van der Waals surface area contributed by atoms with Crippen molar-refractivity contribution in [2.75, 3.05) is 19.5 Å². The van der Waals surface area contributed by atoms with E-state index in [1.54, 1.807) is 0 Å². The van der Waals surface area contributed by atoms with Gasteiger partial charge in [-0.15, -0.1) is 7.92 Å². The largest absolute Gasteiger partial charge is 0.368 e. The van der Waals surface area contributed by atoms with Crippen molar-refractivity contribution in [3.8, 4) is 0 Å². The molecule has 4 heteroatoms. The second-order valence-electron chi connectivity index (χ2n) is 1.74. The van der Waals surface area contributed by atoms with Crippen LogP contribution in [0.15, 0.2) is 0 Å². The van der Waals surface area contributed by atoms with Crippen LogP contribution in [0.2, 0.25) is 0 Å². The number of aliphatic hydroxyl groups excluding tert-OH is 1. The van der Waals surface area contributed by atoms with Crippen molar-refractivity contribution in [1.82, 2.24) is 0 Å². The highest BCUT2D eigenvalue weighted by Gasteiger charge is 1.98. The third-order valence-corrected chi connectivity index (χ3v) is 1.59. The van der Waals surface area contributed by atoms with Crippen LogP contribution in [0.5, 0.6) is 0 Å². The molecule has 2 N–H and O–H groups in total. The first-order valence-corrected chi connectivity index (χ1v) is 4.56. The molecule has 0 atom stereocenters. The average Bonchev–Trinajstić information content (AvgIpc) is 1.27. The third kappa shape index (κ3) is 9.65. The molecule has 0 amide bonds. The SMILES string of the molecule is CP(C)CC(O)O.[B]. The molecule has 0 aromatic carbocycles. The fourth-order valence-corrected chi connectivity index (χ4v) is 0.980. The van der Waals surface area contributed by atoms with Crippen LogP contribution in [0.3, 0.4) is 0 Å². The lowest BCUT2D eigenvalue weighted by atomic mass is 10.8. The minimum atomic E-state index is -1.10. The molecule has 0 aromatic rings. The van der Waals surface area contributed by atoms with Gasteiger partial charge < -0.3 is 10.2 Å². The maximum absolute atomic E-state index is 8.29. The number of rotatable bonds is 2. The summed E-state index contributed by atoms with van der Waals surface area (Å²) < 4.78 is 0. The molecule has 0 rings (SSSR count). The predicted molar refractivity (Wildman–Crippen MR) is 37.6 cm³/mol. The number of hydrogen-bond donors (Lipinski definition) is 2. The molecule has 2 nitrogen and oxygen atoms in total. The van der Waals surface area contributed by atoms with Gasteiger partial charge in [0, 0.05) is 14.6 Å². The Kier molecular flexibility index (Phi) is 7.80. The Balaban J connectivity index is 0. The molecule has 0 spiro atoms. The lowest BCUT2D eigenvalue weighted by Crippen LogP contribution is -2.07. The molecular formula is C4H11BO2P. The van der Waals surface area contributed by atoms with E-state index in [4.69, 9.17) is 10.2 Å². The van der Waals surface area contributed by atoms with E-state index in [0.29, 0.717) is 6.16 Å². The molecule has 0 aliphatic heterocycles. The molecule has 0 aliphatic rings. The Morgan fingerprint density at radius 2 is 1.75 bits per heavy atom. The highest BCUT2D eigenvalue weighted by molar-refractivity contribution is 7.56. The van der Waals surface area contributed by atoms with Crippen LogP contribution < -0.4 is 0 Å². The number of aliphatic hydroxyl groups is 2. The van der Waals surface area contributed by atoms with Gasteiger partial charge >= 0.3 is 0 Å². The summed E-state index contributed by atoms with van der Waals surface area (Å²) in [5, 5.41) is 16.6. The average molecular weight is 133 g/mol. The summed E-state index contributed by atoms with van der Waals surface area (Å²) in [6.07, 6.45) is -0.559. The highest BCUT2D eigenvalue weighted by Crippen LogP contribution is 2.23. The predicted octanol–water partition coefficient (Wildman–Crippen LogP) is -0.342. The summed E-state index contributed by atoms with van der Waals surface area (Å²) in [6, 6.07) is 0. The first-order valence-electron chi connectivity index (χ1n) is 2.14. The first-order chi connectivity index (χ1) is 3.13. The number of hydrogen-bond acceptors (Lipinski definition) is 2. The molecule has 0 bridgehead atoms. The minimum Gasteiger partial charge on any atom is -0.368 e. The summed E-state index contributed by atoms with van der Waals surface area (Å²) >= 11 is 0. The maximum atomic E-state index is 8.29. The zero-order chi connectivity index (χ0) is 5.86. The minimum absolute atomic E-state index is 0. The van der Waals surface area contributed by atoms with Crippen LogP contribution in [-0.4, -0.2) is 44.4 Å². The summed E-state index contributed by atoms with van der Waals surface area (Å²) in [4.78, 5) is 0. The Hall–Kier alpha value is 0.415. The Morgan fingerprint density at radius 3 is 1.75 bits per heavy atom. The van der Waals surface area contributed by atoms with Crippen molar-refractivity contribution in [2.45, 2.75) is 6.29 Å². The molecule has 3 radical (unpaired) electrons. The molecular weight excluding hydrogens is 122 g/mol. The van der Waals surface area contributed by atoms with Gasteiger partial charge in [-0.3, -0.25) is 0 Å². The van der Waals surface area contributed by atoms with E-state index in [1.807, 2.05) is 13.3 Å². The summed E-state index contributed by atoms with van der Waals surface area (Å²) in [6.45, 7) is 4.02. The van der Waals surface area contributed by atoms with Crippen LogP contribution in [-0.2, 0) is 0 Å². The molecule has 0 aliphatic carbocycles. The topological polar surface area (TPSA) is 40.5 Å². The van der Waals surface area contributed by atoms with Crippen molar-refractivity contribution in [2.24, 2.45) is 0 Å². The van der Waals surface area contributed by atoms with Gasteiger partial charge in [-0.1, -0.05) is 0 Å². The summed E-state index contributed by atoms with van der Waals surface area (Å²) in [5.74, 6) is 0. The lowest BCUT2D eigenvalue weighted by molar-refractivity contribution is -0.0194. The van der Waals surface area contributed by atoms with Gasteiger partial charge in [-0.05, 0) is 13.3 Å². The highest BCUT2D eigenvalue weighted by atomic mass is 31.1. The zero-order valence-corrected chi connectivity index (χ0v) is 6.10. The van der Waals surface area contributed by atoms with E-state index in [1.165, 1.54) is 0 Å². The monoisotopic (exact) mass is 133 g/mol. The molecule has 0 heterocycles. The van der Waals surface area contributed by atoms with Gasteiger partial charge in [0.1, 0.15) is 0 Å². The van der Waals surface area contributed by atoms with Crippen LogP contribution in [0.25, 0.3) is 0 Å². The van der Waals surface area contributed by atoms with E-state index in [0.717, 1.165) is 0 Å². The molecule has 0 fully saturated rings. The maximum Gasteiger partial charge on any atom is 0.155 e. The van der Waals surface area contributed by atoms with Gasteiger partial charge in [0.15, 0.2) is 6.29 Å². The normalized spacial score (nSPS) is 9.75. The molecule has 8 heavy (non-hydrogen) atoms. The van der Waals surface area contributed by atoms with Crippen molar-refractivity contribution in [1.29, 1.82) is 0 Å². The molecule has 0 aromatic heterocycles. The van der Waals surface area contributed by atoms with Gasteiger partial charge in [0.2, 0.25) is 0 Å². The lowest BCUT2D eigenvalue weighted by Gasteiger charge is -2.04. The van der Waals surface area contributed by atoms with Crippen molar-refractivity contribution in [3.63, 3.8) is 0 Å². The van der Waals surface area contributed by atoms with E-state index in [2.05, 4.69) is 0 Å². The Labute approximate surface area is 53.2 Å². The molecule has 0 saturated heterocycles. The van der Waals surface area contributed by atoms with E-state index >= 15 is 0 Å². The molecule has 0 unspecified atom stereocenters. The van der Waals surface area contributed by atoms with Gasteiger partial charge in [0.25, 0.3) is 0 Å². The Bertz CT molecular complexity index is 43.3. The van der Waals surface area contributed by atoms with Gasteiger partial charge in [0.05, 0.1) is 0 Å². The van der Waals surface area contributed by atoms with Gasteiger partial charge in [-0.2, -0.15) is 0 Å². The Morgan fingerprint density at radius 1 is 1.38 bits per heavy atom. The standard InChI is InChI=1S/C4H11O2P.B/c1-7(2)3-4(5)6;/h4-6H,3H2,1-2H3;. The van der Waals surface area contributed by atoms with Crippen LogP contribution >= 0.6 is 7.92 Å². The molecule has 0 saturated carbocycles. The molecule has 47 valence electrons. The van der Waals surface area contributed by atoms with Crippen LogP contribution in [0, 0.1) is 0 Å². The van der Waals surface area contributed by atoms with Crippen molar-refractivity contribution >= 4 is 16.3 Å². The van der Waals surface area contributed by atoms with E-state index < -0.39 is 6.29 Å². The van der Waals surface area contributed by atoms with Crippen molar-refractivity contribution in [3.05, 3.63) is 0 Å². The van der Waals surface area contributed by atoms with Gasteiger partial charge in [-0.25, -0.2) is 0 Å². The van der Waals surface area contributed by atoms with E-state index in [9.17, 15) is 0 Å². The van der Waals surface area contributed by atoms with Crippen molar-refractivity contribution < 1.29 is 10.2 Å². The van der Waals surface area contributed by atoms with Crippen LogP contribution in [0.4, 0.5) is 0 Å². The zero-order valence-electron chi connectivity index (χ0n) is 5.20. The fourth-order valence-electron chi connectivity index (χ4n) is 0.327. The summed E-state index contributed by atoms with van der Waals surface area (Å²) in [7, 11) is -0.140. The third-order valence-electron chi connectivity index (χ3n) is 0.528. The first kappa shape index (κ1) is 11.2. The second-order valence-corrected chi connectivity index (χ2v) is 4.27. The second kappa shape index (κ2) is 5.55.